The highest BCUT2D eigenvalue weighted by Gasteiger charge is 2.12. The largest absolute Gasteiger partial charge is 0.497 e. The van der Waals surface area contributed by atoms with Crippen LogP contribution in [0.15, 0.2) is 66.9 Å². The molecule has 6 heteroatoms. The molecule has 2 aromatic carbocycles. The number of aromatic nitrogens is 1. The summed E-state index contributed by atoms with van der Waals surface area (Å²) in [5, 5.41) is 6.09. The van der Waals surface area contributed by atoms with Gasteiger partial charge in [0, 0.05) is 5.69 Å². The lowest BCUT2D eigenvalue weighted by Gasteiger charge is -2.14. The molecule has 3 rings (SSSR count). The Morgan fingerprint density at radius 2 is 1.68 bits per heavy atom. The molecule has 0 aliphatic heterocycles. The monoisotopic (exact) mass is 377 g/mol. The molecular formula is C22H23N3O3. The van der Waals surface area contributed by atoms with Gasteiger partial charge in [-0.25, -0.2) is 4.98 Å². The lowest BCUT2D eigenvalue weighted by Crippen LogP contribution is -2.15. The molecule has 1 aromatic heterocycles. The van der Waals surface area contributed by atoms with Crippen molar-refractivity contribution in [2.75, 3.05) is 17.7 Å². The second-order valence-electron chi connectivity index (χ2n) is 6.40. The number of nitrogens with zero attached hydrogens (tertiary/aromatic N) is 1. The van der Waals surface area contributed by atoms with Gasteiger partial charge in [0.25, 0.3) is 5.91 Å². The Morgan fingerprint density at radius 3 is 2.32 bits per heavy atom. The number of carbonyl (C=O) groups is 1. The lowest BCUT2D eigenvalue weighted by molar-refractivity contribution is 0.102. The number of methoxy groups -OCH3 is 1. The molecule has 0 atom stereocenters. The average Bonchev–Trinajstić information content (AvgIpc) is 2.70. The first-order valence-electron chi connectivity index (χ1n) is 8.99. The van der Waals surface area contributed by atoms with E-state index in [1.165, 1.54) is 0 Å². The summed E-state index contributed by atoms with van der Waals surface area (Å²) in [5.41, 5.74) is 2.62. The van der Waals surface area contributed by atoms with Crippen LogP contribution < -0.4 is 20.1 Å². The summed E-state index contributed by atoms with van der Waals surface area (Å²) in [7, 11) is 1.63. The van der Waals surface area contributed by atoms with Gasteiger partial charge in [-0.3, -0.25) is 4.79 Å². The molecule has 3 aromatic rings. The number of rotatable bonds is 7. The fraction of sp³-hybridized carbons (Fsp3) is 0.182. The number of nitrogens with one attached hydrogen (secondary N) is 2. The van der Waals surface area contributed by atoms with Crippen molar-refractivity contribution in [1.82, 2.24) is 4.98 Å². The molecule has 0 spiro atoms. The van der Waals surface area contributed by atoms with Gasteiger partial charge in [0.2, 0.25) is 0 Å². The number of ether oxygens (including phenoxy) is 2. The van der Waals surface area contributed by atoms with Crippen LogP contribution >= 0.6 is 0 Å². The zero-order valence-electron chi connectivity index (χ0n) is 16.1. The first-order valence-corrected chi connectivity index (χ1v) is 8.99. The van der Waals surface area contributed by atoms with Gasteiger partial charge in [-0.2, -0.15) is 0 Å². The maximum absolute atomic E-state index is 12.5. The highest BCUT2D eigenvalue weighted by atomic mass is 16.5. The van der Waals surface area contributed by atoms with Crippen molar-refractivity contribution in [2.24, 2.45) is 0 Å². The molecule has 1 amide bonds. The molecule has 1 heterocycles. The normalized spacial score (nSPS) is 10.4. The third-order valence-corrected chi connectivity index (χ3v) is 3.87. The Kier molecular flexibility index (Phi) is 6.11. The number of para-hydroxylation sites is 2. The van der Waals surface area contributed by atoms with Gasteiger partial charge in [0.05, 0.1) is 30.8 Å². The van der Waals surface area contributed by atoms with Crippen molar-refractivity contribution in [1.29, 1.82) is 0 Å². The maximum atomic E-state index is 12.5. The van der Waals surface area contributed by atoms with E-state index in [-0.39, 0.29) is 12.0 Å². The molecule has 0 saturated carbocycles. The Balaban J connectivity index is 1.67. The summed E-state index contributed by atoms with van der Waals surface area (Å²) < 4.78 is 10.9. The van der Waals surface area contributed by atoms with Gasteiger partial charge in [-0.15, -0.1) is 0 Å². The van der Waals surface area contributed by atoms with E-state index in [2.05, 4.69) is 15.6 Å². The van der Waals surface area contributed by atoms with E-state index < -0.39 is 0 Å². The summed E-state index contributed by atoms with van der Waals surface area (Å²) in [4.78, 5) is 16.8. The standard InChI is InChI=1S/C22H23N3O3/c1-15(2)28-21-7-5-4-6-19(21)25-22(26)20-13-10-17(14-23-20)24-16-8-11-18(27-3)12-9-16/h4-15,24H,1-3H3,(H,25,26). The minimum Gasteiger partial charge on any atom is -0.497 e. The van der Waals surface area contributed by atoms with E-state index in [9.17, 15) is 4.79 Å². The van der Waals surface area contributed by atoms with Crippen LogP contribution in [0.3, 0.4) is 0 Å². The first kappa shape index (κ1) is 19.2. The van der Waals surface area contributed by atoms with Crippen molar-refractivity contribution in [3.05, 3.63) is 72.6 Å². The van der Waals surface area contributed by atoms with Gasteiger partial charge >= 0.3 is 0 Å². The van der Waals surface area contributed by atoms with Crippen LogP contribution in [-0.4, -0.2) is 24.1 Å². The highest BCUT2D eigenvalue weighted by Crippen LogP contribution is 2.25. The van der Waals surface area contributed by atoms with Crippen LogP contribution in [0.25, 0.3) is 0 Å². The highest BCUT2D eigenvalue weighted by molar-refractivity contribution is 6.03. The Bertz CT molecular complexity index is 923. The van der Waals surface area contributed by atoms with Gasteiger partial charge in [0.15, 0.2) is 0 Å². The van der Waals surface area contributed by atoms with Gasteiger partial charge in [-0.05, 0) is 62.4 Å². The molecule has 0 bridgehead atoms. The summed E-state index contributed by atoms with van der Waals surface area (Å²) in [6.07, 6.45) is 1.63. The molecule has 0 fully saturated rings. The number of pyridine rings is 1. The topological polar surface area (TPSA) is 72.5 Å². The zero-order chi connectivity index (χ0) is 19.9. The van der Waals surface area contributed by atoms with E-state index in [4.69, 9.17) is 9.47 Å². The summed E-state index contributed by atoms with van der Waals surface area (Å²) >= 11 is 0. The van der Waals surface area contributed by atoms with Gasteiger partial charge in [-0.1, -0.05) is 12.1 Å². The van der Waals surface area contributed by atoms with Crippen LogP contribution in [-0.2, 0) is 0 Å². The third kappa shape index (κ3) is 5.01. The molecule has 2 N–H and O–H groups in total. The lowest BCUT2D eigenvalue weighted by atomic mass is 10.2. The van der Waals surface area contributed by atoms with Crippen LogP contribution in [0, 0.1) is 0 Å². The third-order valence-electron chi connectivity index (χ3n) is 3.87. The quantitative estimate of drug-likeness (QED) is 0.614. The van der Waals surface area contributed by atoms with Crippen LogP contribution in [0.1, 0.15) is 24.3 Å². The number of amides is 1. The van der Waals surface area contributed by atoms with Crippen molar-refractivity contribution in [3.63, 3.8) is 0 Å². The Morgan fingerprint density at radius 1 is 0.964 bits per heavy atom. The SMILES string of the molecule is COc1ccc(Nc2ccc(C(=O)Nc3ccccc3OC(C)C)nc2)cc1. The second kappa shape index (κ2) is 8.90. The van der Waals surface area contributed by atoms with E-state index in [1.54, 1.807) is 25.4 Å². The summed E-state index contributed by atoms with van der Waals surface area (Å²) in [5.74, 6) is 1.12. The molecular weight excluding hydrogens is 354 g/mol. The molecule has 6 nitrogen and oxygen atoms in total. The number of benzene rings is 2. The van der Waals surface area contributed by atoms with Gasteiger partial charge < -0.3 is 20.1 Å². The zero-order valence-corrected chi connectivity index (χ0v) is 16.1. The minimum absolute atomic E-state index is 0.0134. The molecule has 28 heavy (non-hydrogen) atoms. The Labute approximate surface area is 164 Å². The minimum atomic E-state index is -0.296. The Hall–Kier alpha value is -3.54. The summed E-state index contributed by atoms with van der Waals surface area (Å²) in [6, 6.07) is 18.4. The van der Waals surface area contributed by atoms with Gasteiger partial charge in [0.1, 0.15) is 17.2 Å². The molecule has 0 aliphatic rings. The van der Waals surface area contributed by atoms with Crippen molar-refractivity contribution < 1.29 is 14.3 Å². The number of anilines is 3. The van der Waals surface area contributed by atoms with Crippen LogP contribution in [0.4, 0.5) is 17.1 Å². The van der Waals surface area contributed by atoms with Crippen LogP contribution in [0.2, 0.25) is 0 Å². The predicted octanol–water partition coefficient (Wildman–Crippen LogP) is 4.87. The van der Waals surface area contributed by atoms with Crippen molar-refractivity contribution in [3.8, 4) is 11.5 Å². The number of hydrogen-bond donors (Lipinski definition) is 2. The van der Waals surface area contributed by atoms with E-state index in [0.29, 0.717) is 17.1 Å². The fourth-order valence-electron chi connectivity index (χ4n) is 2.56. The second-order valence-corrected chi connectivity index (χ2v) is 6.40. The predicted molar refractivity (Wildman–Crippen MR) is 111 cm³/mol. The molecule has 0 aliphatic carbocycles. The number of hydrogen-bond acceptors (Lipinski definition) is 5. The summed E-state index contributed by atoms with van der Waals surface area (Å²) in [6.45, 7) is 3.88. The number of carbonyl (C=O) groups excluding carboxylic acids is 1. The molecule has 0 radical (unpaired) electrons. The first-order chi connectivity index (χ1) is 13.5. The van der Waals surface area contributed by atoms with E-state index in [1.807, 2.05) is 62.4 Å². The van der Waals surface area contributed by atoms with E-state index in [0.717, 1.165) is 17.1 Å². The van der Waals surface area contributed by atoms with Crippen molar-refractivity contribution in [2.45, 2.75) is 20.0 Å². The van der Waals surface area contributed by atoms with E-state index >= 15 is 0 Å². The smallest absolute Gasteiger partial charge is 0.274 e. The maximum Gasteiger partial charge on any atom is 0.274 e. The molecule has 144 valence electrons. The fourth-order valence-corrected chi connectivity index (χ4v) is 2.56. The molecule has 0 saturated heterocycles. The van der Waals surface area contributed by atoms with Crippen molar-refractivity contribution >= 4 is 23.0 Å². The molecule has 0 unspecified atom stereocenters. The average molecular weight is 377 g/mol. The van der Waals surface area contributed by atoms with Crippen LogP contribution in [0.5, 0.6) is 11.5 Å².